The second-order valence-electron chi connectivity index (χ2n) is 5.78. The summed E-state index contributed by atoms with van der Waals surface area (Å²) in [7, 11) is 0. The van der Waals surface area contributed by atoms with Gasteiger partial charge in [0.05, 0.1) is 0 Å². The monoisotopic (exact) mass is 383 g/mol. The van der Waals surface area contributed by atoms with Gasteiger partial charge in [0.25, 0.3) is 5.91 Å². The van der Waals surface area contributed by atoms with Crippen molar-refractivity contribution in [2.24, 2.45) is 0 Å². The molecular weight excluding hydrogens is 366 g/mol. The summed E-state index contributed by atoms with van der Waals surface area (Å²) in [4.78, 5) is 29.0. The van der Waals surface area contributed by atoms with Gasteiger partial charge in [-0.3, -0.25) is 15.0 Å². The minimum atomic E-state index is -1.12. The largest absolute Gasteiger partial charge is 0.505 e. The number of hydrogen-bond acceptors (Lipinski definition) is 6. The number of aromatic nitrogens is 1. The van der Waals surface area contributed by atoms with E-state index in [0.29, 0.717) is 10.8 Å². The van der Waals surface area contributed by atoms with Crippen molar-refractivity contribution in [1.29, 1.82) is 0 Å². The molecule has 0 aliphatic rings. The van der Waals surface area contributed by atoms with Gasteiger partial charge in [0, 0.05) is 26.8 Å². The van der Waals surface area contributed by atoms with Crippen LogP contribution < -0.4 is 10.9 Å². The number of pyridine rings is 1. The lowest BCUT2D eigenvalue weighted by Crippen LogP contribution is -2.46. The van der Waals surface area contributed by atoms with Crippen LogP contribution in [0.3, 0.4) is 0 Å². The van der Waals surface area contributed by atoms with Crippen LogP contribution in [-0.4, -0.2) is 33.1 Å². The molecule has 7 nitrogen and oxygen atoms in total. The minimum absolute atomic E-state index is 0.184. The van der Waals surface area contributed by atoms with Gasteiger partial charge >= 0.3 is 5.97 Å². The number of fused-ring (bicyclic) bond motifs is 1. The van der Waals surface area contributed by atoms with Crippen LogP contribution in [0.15, 0.2) is 64.5 Å². The van der Waals surface area contributed by atoms with Gasteiger partial charge in [-0.1, -0.05) is 30.0 Å². The molecule has 1 aromatic heterocycles. The zero-order chi connectivity index (χ0) is 19.4. The number of carbonyl (C=O) groups excluding carboxylic acids is 1. The van der Waals surface area contributed by atoms with E-state index in [2.05, 4.69) is 15.8 Å². The Labute approximate surface area is 159 Å². The van der Waals surface area contributed by atoms with Crippen LogP contribution in [0.25, 0.3) is 10.8 Å². The number of nitrogens with zero attached hydrogens (tertiary/aromatic N) is 1. The van der Waals surface area contributed by atoms with Gasteiger partial charge in [-0.05, 0) is 37.3 Å². The molecule has 0 aliphatic carbocycles. The number of amides is 1. The molecule has 1 atom stereocenters. The molecule has 1 amide bonds. The third-order valence-corrected chi connectivity index (χ3v) is 4.80. The van der Waals surface area contributed by atoms with Crippen molar-refractivity contribution in [1.82, 2.24) is 15.8 Å². The smallest absolute Gasteiger partial charge is 0.322 e. The maximum atomic E-state index is 12.2. The van der Waals surface area contributed by atoms with Crippen LogP contribution >= 0.6 is 11.8 Å². The topological polar surface area (TPSA) is 112 Å². The van der Waals surface area contributed by atoms with E-state index < -0.39 is 17.9 Å². The highest BCUT2D eigenvalue weighted by Gasteiger charge is 2.18. The van der Waals surface area contributed by atoms with E-state index in [9.17, 15) is 14.7 Å². The number of carboxylic acids is 1. The zero-order valence-electron chi connectivity index (χ0n) is 14.3. The number of hydrogen-bond donors (Lipinski definition) is 4. The molecule has 27 heavy (non-hydrogen) atoms. The normalized spacial score (nSPS) is 11.9. The summed E-state index contributed by atoms with van der Waals surface area (Å²) in [6.07, 6.45) is 1.50. The molecule has 0 spiro atoms. The van der Waals surface area contributed by atoms with Gasteiger partial charge < -0.3 is 10.2 Å². The van der Waals surface area contributed by atoms with E-state index in [1.165, 1.54) is 13.1 Å². The molecule has 0 saturated heterocycles. The molecule has 3 aromatic rings. The number of nitrogens with one attached hydrogen (secondary N) is 2. The number of benzene rings is 2. The minimum Gasteiger partial charge on any atom is -0.505 e. The Morgan fingerprint density at radius 1 is 1.11 bits per heavy atom. The van der Waals surface area contributed by atoms with Crippen LogP contribution in [0.5, 0.6) is 5.75 Å². The molecule has 1 heterocycles. The predicted molar refractivity (Wildman–Crippen MR) is 102 cm³/mol. The highest BCUT2D eigenvalue weighted by atomic mass is 32.2. The zero-order valence-corrected chi connectivity index (χ0v) is 15.2. The number of carbonyl (C=O) groups is 2. The van der Waals surface area contributed by atoms with Crippen LogP contribution in [0.2, 0.25) is 0 Å². The maximum absolute atomic E-state index is 12.2. The van der Waals surface area contributed by atoms with Gasteiger partial charge in [-0.2, -0.15) is 0 Å². The molecule has 0 bridgehead atoms. The Morgan fingerprint density at radius 2 is 1.85 bits per heavy atom. The van der Waals surface area contributed by atoms with Crippen molar-refractivity contribution < 1.29 is 19.8 Å². The summed E-state index contributed by atoms with van der Waals surface area (Å²) in [6.45, 7) is 1.38. The number of hydrazine groups is 1. The van der Waals surface area contributed by atoms with Gasteiger partial charge in [-0.25, -0.2) is 10.4 Å². The Bertz CT molecular complexity index is 995. The second kappa shape index (κ2) is 8.07. The fourth-order valence-corrected chi connectivity index (χ4v) is 3.22. The van der Waals surface area contributed by atoms with Crippen LogP contribution in [0.4, 0.5) is 0 Å². The summed E-state index contributed by atoms with van der Waals surface area (Å²) in [5, 5.41) is 20.4. The average Bonchev–Trinajstić information content (AvgIpc) is 2.66. The van der Waals surface area contributed by atoms with E-state index in [1.54, 1.807) is 17.8 Å². The Hall–Kier alpha value is -3.10. The van der Waals surface area contributed by atoms with Gasteiger partial charge in [0.2, 0.25) is 0 Å². The van der Waals surface area contributed by atoms with E-state index in [-0.39, 0.29) is 11.4 Å². The predicted octanol–water partition coefficient (Wildman–Crippen LogP) is 2.80. The van der Waals surface area contributed by atoms with Crippen molar-refractivity contribution in [2.75, 3.05) is 0 Å². The Kier molecular flexibility index (Phi) is 5.58. The first-order chi connectivity index (χ1) is 13.0. The first-order valence-corrected chi connectivity index (χ1v) is 8.90. The highest BCUT2D eigenvalue weighted by molar-refractivity contribution is 7.99. The van der Waals surface area contributed by atoms with Gasteiger partial charge in [0.1, 0.15) is 6.04 Å². The van der Waals surface area contributed by atoms with Crippen molar-refractivity contribution >= 4 is 34.4 Å². The van der Waals surface area contributed by atoms with E-state index in [0.717, 1.165) is 9.79 Å². The second-order valence-corrected chi connectivity index (χ2v) is 6.92. The van der Waals surface area contributed by atoms with Crippen molar-refractivity contribution in [3.63, 3.8) is 0 Å². The van der Waals surface area contributed by atoms with Gasteiger partial charge in [-0.15, -0.1) is 0 Å². The quantitative estimate of drug-likeness (QED) is 0.484. The van der Waals surface area contributed by atoms with Crippen molar-refractivity contribution in [3.05, 3.63) is 60.4 Å². The van der Waals surface area contributed by atoms with E-state index in [4.69, 9.17) is 5.11 Å². The Morgan fingerprint density at radius 3 is 2.56 bits per heavy atom. The number of aromatic hydroxyl groups is 1. The summed E-state index contributed by atoms with van der Waals surface area (Å²) in [6, 6.07) is 14.4. The maximum Gasteiger partial charge on any atom is 0.322 e. The summed E-state index contributed by atoms with van der Waals surface area (Å²) < 4.78 is 0. The molecule has 8 heteroatoms. The summed E-state index contributed by atoms with van der Waals surface area (Å²) >= 11 is 1.58. The first kappa shape index (κ1) is 18.7. The molecule has 4 N–H and O–H groups in total. The number of aliphatic carboxylic acids is 1. The van der Waals surface area contributed by atoms with Crippen molar-refractivity contribution in [3.8, 4) is 5.75 Å². The fourth-order valence-electron chi connectivity index (χ4n) is 2.34. The van der Waals surface area contributed by atoms with Gasteiger partial charge in [0.15, 0.2) is 11.4 Å². The molecule has 0 fully saturated rings. The van der Waals surface area contributed by atoms with Crippen LogP contribution in [0, 0.1) is 0 Å². The summed E-state index contributed by atoms with van der Waals surface area (Å²) in [5.74, 6) is -2.09. The third kappa shape index (κ3) is 4.36. The summed E-state index contributed by atoms with van der Waals surface area (Å²) in [5.41, 5.74) is 4.39. The lowest BCUT2D eigenvalue weighted by atomic mass is 10.1. The fraction of sp³-hybridized carbons (Fsp3) is 0.105. The van der Waals surface area contributed by atoms with Crippen LogP contribution in [0.1, 0.15) is 17.4 Å². The molecule has 2 aromatic carbocycles. The SMILES string of the molecule is CC(NNC(=O)c1ncc2cc(Sc3ccccc3)ccc2c1O)C(=O)O. The van der Waals surface area contributed by atoms with E-state index in [1.807, 2.05) is 42.5 Å². The molecule has 3 rings (SSSR count). The third-order valence-electron chi connectivity index (χ3n) is 3.80. The first-order valence-electron chi connectivity index (χ1n) is 8.09. The molecule has 1 unspecified atom stereocenters. The molecular formula is C19H17N3O4S. The lowest BCUT2D eigenvalue weighted by Gasteiger charge is -2.12. The molecule has 0 aliphatic heterocycles. The Balaban J connectivity index is 1.81. The molecule has 0 radical (unpaired) electrons. The lowest BCUT2D eigenvalue weighted by molar-refractivity contribution is -0.139. The standard InChI is InChI=1S/C19H17N3O4S/c1-11(19(25)26)21-22-18(24)16-17(23)15-8-7-14(9-12(15)10-20-16)27-13-5-3-2-4-6-13/h2-11,21,23H,1H3,(H,22,24)(H,25,26). The van der Waals surface area contributed by atoms with Crippen LogP contribution in [-0.2, 0) is 4.79 Å². The average molecular weight is 383 g/mol. The van der Waals surface area contributed by atoms with Crippen molar-refractivity contribution in [2.45, 2.75) is 22.8 Å². The number of rotatable bonds is 6. The molecule has 0 saturated carbocycles. The van der Waals surface area contributed by atoms with E-state index >= 15 is 0 Å². The number of carboxylic acid groups (broad SMARTS) is 1. The highest BCUT2D eigenvalue weighted by Crippen LogP contribution is 2.33. The molecule has 138 valence electrons.